The van der Waals surface area contributed by atoms with E-state index in [0.717, 1.165) is 12.8 Å². The summed E-state index contributed by atoms with van der Waals surface area (Å²) >= 11 is 0. The molecule has 2 rings (SSSR count). The van der Waals surface area contributed by atoms with Gasteiger partial charge in [0, 0.05) is 6.42 Å². The van der Waals surface area contributed by atoms with Crippen molar-refractivity contribution in [2.45, 2.75) is 57.0 Å². The minimum Gasteiger partial charge on any atom is -0.480 e. The molecule has 2 fully saturated rings. The maximum atomic E-state index is 12.1. The van der Waals surface area contributed by atoms with Crippen LogP contribution < -0.4 is 10.6 Å². The van der Waals surface area contributed by atoms with Crippen molar-refractivity contribution in [1.29, 1.82) is 0 Å². The molecule has 0 aromatic heterocycles. The minimum absolute atomic E-state index is 0.151. The van der Waals surface area contributed by atoms with Crippen LogP contribution in [0.2, 0.25) is 0 Å². The summed E-state index contributed by atoms with van der Waals surface area (Å²) in [5.74, 6) is -1.22. The van der Waals surface area contributed by atoms with Gasteiger partial charge in [-0.1, -0.05) is 19.8 Å². The first kappa shape index (κ1) is 13.8. The smallest absolute Gasteiger partial charge is 0.329 e. The van der Waals surface area contributed by atoms with Gasteiger partial charge in [-0.25, -0.2) is 4.79 Å². The molecule has 2 aliphatic rings. The molecule has 2 unspecified atom stereocenters. The first-order valence-corrected chi connectivity index (χ1v) is 6.78. The Hall–Kier alpha value is -1.59. The summed E-state index contributed by atoms with van der Waals surface area (Å²) in [7, 11) is 0. The molecule has 0 aromatic carbocycles. The molecule has 1 aliphatic carbocycles. The van der Waals surface area contributed by atoms with Crippen molar-refractivity contribution in [3.8, 4) is 0 Å². The Morgan fingerprint density at radius 3 is 2.68 bits per heavy atom. The van der Waals surface area contributed by atoms with Gasteiger partial charge in [-0.15, -0.1) is 0 Å². The zero-order valence-corrected chi connectivity index (χ0v) is 11.1. The van der Waals surface area contributed by atoms with Crippen LogP contribution in [0.15, 0.2) is 0 Å². The van der Waals surface area contributed by atoms with E-state index < -0.39 is 17.6 Å². The van der Waals surface area contributed by atoms with Gasteiger partial charge in [-0.3, -0.25) is 9.59 Å². The molecule has 2 amide bonds. The van der Waals surface area contributed by atoms with Crippen molar-refractivity contribution < 1.29 is 19.5 Å². The third-order valence-electron chi connectivity index (χ3n) is 4.08. The molecular weight excluding hydrogens is 248 g/mol. The van der Waals surface area contributed by atoms with Crippen molar-refractivity contribution in [2.24, 2.45) is 5.92 Å². The van der Waals surface area contributed by atoms with Gasteiger partial charge in [0.15, 0.2) is 0 Å². The third-order valence-corrected chi connectivity index (χ3v) is 4.08. The van der Waals surface area contributed by atoms with Crippen LogP contribution in [0, 0.1) is 5.92 Å². The zero-order chi connectivity index (χ0) is 14.0. The number of carboxylic acids is 1. The Bertz CT molecular complexity index is 409. The summed E-state index contributed by atoms with van der Waals surface area (Å²) in [5, 5.41) is 14.7. The fraction of sp³-hybridized carbons (Fsp3) is 0.769. The van der Waals surface area contributed by atoms with E-state index in [4.69, 9.17) is 0 Å². The highest BCUT2D eigenvalue weighted by atomic mass is 16.4. The van der Waals surface area contributed by atoms with E-state index in [2.05, 4.69) is 10.6 Å². The number of nitrogens with one attached hydrogen (secondary N) is 2. The summed E-state index contributed by atoms with van der Waals surface area (Å²) in [5.41, 5.74) is -1.16. The third kappa shape index (κ3) is 2.88. The van der Waals surface area contributed by atoms with Crippen LogP contribution in [0.25, 0.3) is 0 Å². The maximum Gasteiger partial charge on any atom is 0.329 e. The molecule has 1 heterocycles. The lowest BCUT2D eigenvalue weighted by Gasteiger charge is -2.37. The van der Waals surface area contributed by atoms with Gasteiger partial charge >= 0.3 is 5.97 Å². The highest BCUT2D eigenvalue weighted by molar-refractivity contribution is 5.94. The van der Waals surface area contributed by atoms with E-state index in [0.29, 0.717) is 25.7 Å². The maximum absolute atomic E-state index is 12.1. The standard InChI is InChI=1S/C13H20N2O4/c1-8-3-2-6-13(7-8,12(18)19)15-11(17)9-4-5-10(16)14-9/h8-9H,2-7H2,1H3,(H,14,16)(H,15,17)(H,18,19)/t8?,9-,13?/m1/s1. The normalized spacial score (nSPS) is 34.7. The van der Waals surface area contributed by atoms with E-state index in [1.807, 2.05) is 6.92 Å². The lowest BCUT2D eigenvalue weighted by molar-refractivity contribution is -0.150. The van der Waals surface area contributed by atoms with Gasteiger partial charge in [0.25, 0.3) is 0 Å². The van der Waals surface area contributed by atoms with Crippen LogP contribution >= 0.6 is 0 Å². The average molecular weight is 268 g/mol. The van der Waals surface area contributed by atoms with Gasteiger partial charge in [-0.05, 0) is 25.2 Å². The van der Waals surface area contributed by atoms with Crippen molar-refractivity contribution in [3.05, 3.63) is 0 Å². The van der Waals surface area contributed by atoms with Gasteiger partial charge in [0.1, 0.15) is 11.6 Å². The predicted molar refractivity (Wildman–Crippen MR) is 67.3 cm³/mol. The molecule has 1 saturated heterocycles. The van der Waals surface area contributed by atoms with E-state index in [9.17, 15) is 19.5 Å². The summed E-state index contributed by atoms with van der Waals surface area (Å²) in [6, 6.07) is -0.582. The summed E-state index contributed by atoms with van der Waals surface area (Å²) in [4.78, 5) is 34.7. The Morgan fingerprint density at radius 2 is 2.16 bits per heavy atom. The van der Waals surface area contributed by atoms with E-state index in [-0.39, 0.29) is 17.7 Å². The van der Waals surface area contributed by atoms with E-state index in [1.165, 1.54) is 0 Å². The number of carbonyl (C=O) groups is 3. The Morgan fingerprint density at radius 1 is 1.42 bits per heavy atom. The summed E-state index contributed by atoms with van der Waals surface area (Å²) in [6.07, 6.45) is 3.47. The predicted octanol–water partition coefficient (Wildman–Crippen LogP) is 0.415. The molecule has 0 aromatic rings. The number of hydrogen-bond donors (Lipinski definition) is 3. The van der Waals surface area contributed by atoms with Crippen LogP contribution in [-0.2, 0) is 14.4 Å². The molecule has 1 aliphatic heterocycles. The molecule has 0 spiro atoms. The largest absolute Gasteiger partial charge is 0.480 e. The monoisotopic (exact) mass is 268 g/mol. The highest BCUT2D eigenvalue weighted by Gasteiger charge is 2.44. The van der Waals surface area contributed by atoms with Crippen LogP contribution in [0.3, 0.4) is 0 Å². The SMILES string of the molecule is CC1CCCC(NC(=O)[C@H]2CCC(=O)N2)(C(=O)O)C1. The number of hydrogen-bond acceptors (Lipinski definition) is 3. The van der Waals surface area contributed by atoms with Crippen LogP contribution in [-0.4, -0.2) is 34.5 Å². The molecule has 106 valence electrons. The molecule has 6 heteroatoms. The summed E-state index contributed by atoms with van der Waals surface area (Å²) < 4.78 is 0. The zero-order valence-electron chi connectivity index (χ0n) is 11.1. The first-order chi connectivity index (χ1) is 8.93. The van der Waals surface area contributed by atoms with Crippen molar-refractivity contribution in [1.82, 2.24) is 10.6 Å². The minimum atomic E-state index is -1.16. The lowest BCUT2D eigenvalue weighted by Crippen LogP contribution is -2.59. The molecule has 1 saturated carbocycles. The molecular formula is C13H20N2O4. The van der Waals surface area contributed by atoms with Crippen LogP contribution in [0.4, 0.5) is 0 Å². The van der Waals surface area contributed by atoms with Gasteiger partial charge in [0.05, 0.1) is 0 Å². The topological polar surface area (TPSA) is 95.5 Å². The number of aliphatic carboxylic acids is 1. The van der Waals surface area contributed by atoms with Crippen molar-refractivity contribution >= 4 is 17.8 Å². The number of carbonyl (C=O) groups excluding carboxylic acids is 2. The Kier molecular flexibility index (Phi) is 3.78. The number of carboxylic acid groups (broad SMARTS) is 1. The van der Waals surface area contributed by atoms with E-state index in [1.54, 1.807) is 0 Å². The second kappa shape index (κ2) is 5.19. The quantitative estimate of drug-likeness (QED) is 0.691. The Labute approximate surface area is 111 Å². The summed E-state index contributed by atoms with van der Waals surface area (Å²) in [6.45, 7) is 2.00. The van der Waals surface area contributed by atoms with Gasteiger partial charge < -0.3 is 15.7 Å². The molecule has 19 heavy (non-hydrogen) atoms. The van der Waals surface area contributed by atoms with E-state index >= 15 is 0 Å². The average Bonchev–Trinajstić information content (AvgIpc) is 2.75. The Balaban J connectivity index is 2.06. The fourth-order valence-corrected chi connectivity index (χ4v) is 3.05. The van der Waals surface area contributed by atoms with Gasteiger partial charge in [-0.2, -0.15) is 0 Å². The van der Waals surface area contributed by atoms with Gasteiger partial charge in [0.2, 0.25) is 11.8 Å². The number of rotatable bonds is 3. The lowest BCUT2D eigenvalue weighted by atomic mass is 9.76. The molecule has 0 bridgehead atoms. The highest BCUT2D eigenvalue weighted by Crippen LogP contribution is 2.32. The molecule has 0 radical (unpaired) electrons. The van der Waals surface area contributed by atoms with Crippen molar-refractivity contribution in [2.75, 3.05) is 0 Å². The fourth-order valence-electron chi connectivity index (χ4n) is 3.05. The second-order valence-corrected chi connectivity index (χ2v) is 5.74. The van der Waals surface area contributed by atoms with Crippen molar-refractivity contribution in [3.63, 3.8) is 0 Å². The molecule has 3 N–H and O–H groups in total. The molecule has 6 nitrogen and oxygen atoms in total. The van der Waals surface area contributed by atoms with Crippen LogP contribution in [0.5, 0.6) is 0 Å². The first-order valence-electron chi connectivity index (χ1n) is 6.78. The second-order valence-electron chi connectivity index (χ2n) is 5.74. The van der Waals surface area contributed by atoms with Crippen LogP contribution in [0.1, 0.15) is 45.4 Å². The molecule has 3 atom stereocenters. The number of amides is 2.